The van der Waals surface area contributed by atoms with Crippen LogP contribution >= 0.6 is 0 Å². The third-order valence-corrected chi connectivity index (χ3v) is 3.37. The predicted octanol–water partition coefficient (Wildman–Crippen LogP) is 4.85. The Morgan fingerprint density at radius 2 is 1.42 bits per heavy atom. The summed E-state index contributed by atoms with van der Waals surface area (Å²) >= 11 is 0. The first-order valence-electron chi connectivity index (χ1n) is 7.43. The lowest BCUT2D eigenvalue weighted by Gasteiger charge is -2.29. The van der Waals surface area contributed by atoms with E-state index in [1.165, 1.54) is 11.1 Å². The fourth-order valence-corrected chi connectivity index (χ4v) is 2.32. The second-order valence-electron chi connectivity index (χ2n) is 7.81. The van der Waals surface area contributed by atoms with E-state index in [4.69, 9.17) is 0 Å². The quantitative estimate of drug-likeness (QED) is 0.748. The molecule has 0 N–H and O–H groups in total. The van der Waals surface area contributed by atoms with E-state index in [2.05, 4.69) is 77.6 Å². The van der Waals surface area contributed by atoms with E-state index in [-0.39, 0.29) is 5.41 Å². The van der Waals surface area contributed by atoms with Crippen LogP contribution in [0.1, 0.15) is 59.6 Å². The number of rotatable bonds is 4. The first kappa shape index (κ1) is 16.2. The van der Waals surface area contributed by atoms with Crippen molar-refractivity contribution in [2.45, 2.75) is 60.4 Å². The van der Waals surface area contributed by atoms with Crippen molar-refractivity contribution in [3.63, 3.8) is 0 Å². The lowest BCUT2D eigenvalue weighted by atomic mass is 9.86. The summed E-state index contributed by atoms with van der Waals surface area (Å²) < 4.78 is 0. The molecule has 0 saturated carbocycles. The molecule has 0 aliphatic carbocycles. The van der Waals surface area contributed by atoms with Gasteiger partial charge in [0.15, 0.2) is 0 Å². The van der Waals surface area contributed by atoms with Gasteiger partial charge in [-0.3, -0.25) is 4.90 Å². The molecule has 0 spiro atoms. The number of nitrogens with zero attached hydrogens (tertiary/aromatic N) is 1. The maximum atomic E-state index is 2.52. The van der Waals surface area contributed by atoms with Crippen molar-refractivity contribution in [2.24, 2.45) is 5.41 Å². The number of hydrogen-bond acceptors (Lipinski definition) is 1. The van der Waals surface area contributed by atoms with Crippen molar-refractivity contribution in [3.8, 4) is 0 Å². The first-order valence-corrected chi connectivity index (χ1v) is 7.43. The summed E-state index contributed by atoms with van der Waals surface area (Å²) in [5.41, 5.74) is 3.43. The van der Waals surface area contributed by atoms with Crippen LogP contribution in [0.4, 0.5) is 0 Å². The van der Waals surface area contributed by atoms with E-state index in [0.717, 1.165) is 19.6 Å². The average molecular weight is 261 g/mol. The molecular formula is C18H31N. The van der Waals surface area contributed by atoms with Gasteiger partial charge in [0.05, 0.1) is 0 Å². The summed E-state index contributed by atoms with van der Waals surface area (Å²) in [6.07, 6.45) is 0. The van der Waals surface area contributed by atoms with Crippen molar-refractivity contribution in [3.05, 3.63) is 35.4 Å². The summed E-state index contributed by atoms with van der Waals surface area (Å²) in [6.45, 7) is 19.3. The second kappa shape index (κ2) is 6.09. The Balaban J connectivity index is 2.71. The minimum absolute atomic E-state index is 0.244. The molecule has 1 rings (SSSR count). The molecule has 19 heavy (non-hydrogen) atoms. The van der Waals surface area contributed by atoms with Crippen LogP contribution in [0.15, 0.2) is 24.3 Å². The first-order chi connectivity index (χ1) is 8.62. The fraction of sp³-hybridized carbons (Fsp3) is 0.667. The van der Waals surface area contributed by atoms with Gasteiger partial charge in [0.1, 0.15) is 0 Å². The molecule has 1 nitrogen and oxygen atoms in total. The Bertz CT molecular complexity index is 376. The van der Waals surface area contributed by atoms with Gasteiger partial charge in [-0.05, 0) is 28.5 Å². The molecule has 1 heteroatoms. The van der Waals surface area contributed by atoms with Gasteiger partial charge in [-0.2, -0.15) is 0 Å². The van der Waals surface area contributed by atoms with E-state index < -0.39 is 0 Å². The van der Waals surface area contributed by atoms with Gasteiger partial charge < -0.3 is 0 Å². The van der Waals surface area contributed by atoms with E-state index in [9.17, 15) is 0 Å². The SMILES string of the molecule is CCN(Cc1ccc(C(C)(C)C)cc1)CC(C)(C)C. The highest BCUT2D eigenvalue weighted by Crippen LogP contribution is 2.23. The van der Waals surface area contributed by atoms with Crippen LogP contribution in [-0.2, 0) is 12.0 Å². The normalized spacial score (nSPS) is 13.1. The monoisotopic (exact) mass is 261 g/mol. The molecule has 0 amide bonds. The van der Waals surface area contributed by atoms with Gasteiger partial charge in [0.2, 0.25) is 0 Å². The molecule has 0 aliphatic rings. The Morgan fingerprint density at radius 3 is 1.79 bits per heavy atom. The number of benzene rings is 1. The molecule has 0 fully saturated rings. The van der Waals surface area contributed by atoms with Gasteiger partial charge in [0.25, 0.3) is 0 Å². The Kier molecular flexibility index (Phi) is 5.20. The molecule has 0 atom stereocenters. The highest BCUT2D eigenvalue weighted by molar-refractivity contribution is 5.27. The largest absolute Gasteiger partial charge is 0.299 e. The zero-order chi connectivity index (χ0) is 14.7. The van der Waals surface area contributed by atoms with Crippen LogP contribution in [0.2, 0.25) is 0 Å². The molecule has 0 aromatic heterocycles. The van der Waals surface area contributed by atoms with Crippen molar-refractivity contribution >= 4 is 0 Å². The molecule has 0 saturated heterocycles. The van der Waals surface area contributed by atoms with Crippen molar-refractivity contribution in [2.75, 3.05) is 13.1 Å². The molecule has 108 valence electrons. The van der Waals surface area contributed by atoms with Crippen LogP contribution in [-0.4, -0.2) is 18.0 Å². The minimum Gasteiger partial charge on any atom is -0.299 e. The van der Waals surface area contributed by atoms with E-state index in [0.29, 0.717) is 5.41 Å². The highest BCUT2D eigenvalue weighted by atomic mass is 15.1. The van der Waals surface area contributed by atoms with Crippen molar-refractivity contribution < 1.29 is 0 Å². The molecule has 0 unspecified atom stereocenters. The van der Waals surface area contributed by atoms with Gasteiger partial charge in [-0.1, -0.05) is 72.7 Å². The van der Waals surface area contributed by atoms with E-state index in [1.54, 1.807) is 0 Å². The fourth-order valence-electron chi connectivity index (χ4n) is 2.32. The van der Waals surface area contributed by atoms with Crippen LogP contribution in [0.5, 0.6) is 0 Å². The molecular weight excluding hydrogens is 230 g/mol. The zero-order valence-corrected chi connectivity index (χ0v) is 13.9. The van der Waals surface area contributed by atoms with Crippen LogP contribution < -0.4 is 0 Å². The van der Waals surface area contributed by atoms with Crippen LogP contribution in [0.3, 0.4) is 0 Å². The van der Waals surface area contributed by atoms with Crippen LogP contribution in [0.25, 0.3) is 0 Å². The molecule has 0 radical (unpaired) electrons. The van der Waals surface area contributed by atoms with Crippen LogP contribution in [0, 0.1) is 5.41 Å². The van der Waals surface area contributed by atoms with Gasteiger partial charge in [0, 0.05) is 13.1 Å². The summed E-state index contributed by atoms with van der Waals surface area (Å²) in [7, 11) is 0. The summed E-state index contributed by atoms with van der Waals surface area (Å²) in [5, 5.41) is 0. The predicted molar refractivity (Wildman–Crippen MR) is 85.5 cm³/mol. The topological polar surface area (TPSA) is 3.24 Å². The third kappa shape index (κ3) is 5.78. The molecule has 0 heterocycles. The van der Waals surface area contributed by atoms with Crippen molar-refractivity contribution in [1.29, 1.82) is 0 Å². The minimum atomic E-state index is 0.244. The van der Waals surface area contributed by atoms with E-state index >= 15 is 0 Å². The second-order valence-corrected chi connectivity index (χ2v) is 7.81. The van der Waals surface area contributed by atoms with E-state index in [1.807, 2.05) is 0 Å². The van der Waals surface area contributed by atoms with Gasteiger partial charge in [-0.15, -0.1) is 0 Å². The molecule has 1 aromatic carbocycles. The summed E-state index contributed by atoms with van der Waals surface area (Å²) in [6, 6.07) is 9.12. The third-order valence-electron chi connectivity index (χ3n) is 3.37. The molecule has 0 bridgehead atoms. The smallest absolute Gasteiger partial charge is 0.0233 e. The van der Waals surface area contributed by atoms with Crippen molar-refractivity contribution in [1.82, 2.24) is 4.90 Å². The van der Waals surface area contributed by atoms with Gasteiger partial charge in [-0.25, -0.2) is 0 Å². The molecule has 0 aliphatic heterocycles. The Hall–Kier alpha value is -0.820. The summed E-state index contributed by atoms with van der Waals surface area (Å²) in [5.74, 6) is 0. The average Bonchev–Trinajstić information content (AvgIpc) is 2.26. The lowest BCUT2D eigenvalue weighted by molar-refractivity contribution is 0.192. The Labute approximate surface area is 120 Å². The zero-order valence-electron chi connectivity index (χ0n) is 13.9. The number of hydrogen-bond donors (Lipinski definition) is 0. The maximum Gasteiger partial charge on any atom is 0.0233 e. The van der Waals surface area contributed by atoms with Gasteiger partial charge >= 0.3 is 0 Å². The lowest BCUT2D eigenvalue weighted by Crippen LogP contribution is -2.32. The molecule has 1 aromatic rings. The highest BCUT2D eigenvalue weighted by Gasteiger charge is 2.16. The standard InChI is InChI=1S/C18H31N/c1-8-19(14-17(2,3)4)13-15-9-11-16(12-10-15)18(5,6)7/h9-12H,8,13-14H2,1-7H3. The maximum absolute atomic E-state index is 2.52. The summed E-state index contributed by atoms with van der Waals surface area (Å²) in [4.78, 5) is 2.52. The Morgan fingerprint density at radius 1 is 0.895 bits per heavy atom.